The maximum Gasteiger partial charge on any atom is 0.303 e. The number of allylic oxidation sites excluding steroid dienone is 1. The molecule has 3 rings (SSSR count). The van der Waals surface area contributed by atoms with Crippen molar-refractivity contribution < 1.29 is 33.6 Å². The maximum absolute atomic E-state index is 12.9. The van der Waals surface area contributed by atoms with Gasteiger partial charge in [0, 0.05) is 51.2 Å². The third kappa shape index (κ3) is 8.38. The molecule has 2 aliphatic heterocycles. The van der Waals surface area contributed by atoms with Gasteiger partial charge in [-0.2, -0.15) is 0 Å². The molecule has 0 bridgehead atoms. The van der Waals surface area contributed by atoms with Crippen molar-refractivity contribution in [3.05, 3.63) is 12.2 Å². The molecule has 7 atom stereocenters. The van der Waals surface area contributed by atoms with Crippen LogP contribution >= 0.6 is 0 Å². The van der Waals surface area contributed by atoms with Crippen LogP contribution in [-0.2, 0) is 28.5 Å². The predicted octanol–water partition coefficient (Wildman–Crippen LogP) is 5.65. The molecule has 0 spiro atoms. The summed E-state index contributed by atoms with van der Waals surface area (Å²) in [5.41, 5.74) is 0. The molecule has 0 aromatic carbocycles. The molecule has 0 aromatic rings. The second-order valence-electron chi connectivity index (χ2n) is 10.8. The van der Waals surface area contributed by atoms with E-state index in [2.05, 4.69) is 26.0 Å². The lowest BCUT2D eigenvalue weighted by atomic mass is 9.87. The summed E-state index contributed by atoms with van der Waals surface area (Å²) in [5.74, 6) is -0.847. The van der Waals surface area contributed by atoms with Crippen molar-refractivity contribution in [2.24, 2.45) is 17.8 Å². The number of Topliss-reactive ketones (excluding diaryl/α,β-unsaturated/α-hetero) is 1. The number of ketones is 1. The molecule has 1 aliphatic carbocycles. The van der Waals surface area contributed by atoms with Crippen LogP contribution in [0.2, 0.25) is 0 Å². The third-order valence-electron chi connectivity index (χ3n) is 7.88. The van der Waals surface area contributed by atoms with E-state index in [0.717, 1.165) is 38.7 Å². The first-order valence-electron chi connectivity index (χ1n) is 13.8. The van der Waals surface area contributed by atoms with Gasteiger partial charge in [-0.1, -0.05) is 45.3 Å². The van der Waals surface area contributed by atoms with Gasteiger partial charge in [0.15, 0.2) is 12.1 Å². The highest BCUT2D eigenvalue weighted by atomic mass is 16.7. The fraction of sp³-hybridized carbons (Fsp3) is 0.857. The Labute approximate surface area is 210 Å². The van der Waals surface area contributed by atoms with Gasteiger partial charge in [-0.25, -0.2) is 0 Å². The van der Waals surface area contributed by atoms with Gasteiger partial charge in [0.2, 0.25) is 0 Å². The lowest BCUT2D eigenvalue weighted by Crippen LogP contribution is -2.32. The fourth-order valence-electron chi connectivity index (χ4n) is 5.85. The molecule has 1 N–H and O–H groups in total. The van der Waals surface area contributed by atoms with E-state index >= 15 is 0 Å². The molecule has 2 heterocycles. The highest BCUT2D eigenvalue weighted by Crippen LogP contribution is 2.48. The lowest BCUT2D eigenvalue weighted by Gasteiger charge is -2.29. The Morgan fingerprint density at radius 2 is 2.11 bits per heavy atom. The first-order chi connectivity index (χ1) is 16.9. The Kier molecular flexibility index (Phi) is 11.2. The van der Waals surface area contributed by atoms with Crippen LogP contribution in [-0.4, -0.2) is 54.9 Å². The van der Waals surface area contributed by atoms with Crippen molar-refractivity contribution in [1.29, 1.82) is 0 Å². The minimum Gasteiger partial charge on any atom is -0.481 e. The number of methoxy groups -OCH3 is 1. The Balaban J connectivity index is 1.63. The minimum atomic E-state index is -0.782. The van der Waals surface area contributed by atoms with Gasteiger partial charge in [0.25, 0.3) is 0 Å². The van der Waals surface area contributed by atoms with Gasteiger partial charge in [-0.15, -0.1) is 0 Å². The molecule has 35 heavy (non-hydrogen) atoms. The molecule has 2 unspecified atom stereocenters. The van der Waals surface area contributed by atoms with Gasteiger partial charge in [0.05, 0.1) is 12.2 Å². The monoisotopic (exact) mass is 494 g/mol. The standard InChI is InChI=1S/C28H46O7/c1-4-5-10-20(2)17-21(34-27-12-7-9-16-33-27)13-14-22-23-19-28(32-3,15-8-6-11-26(30)31)35-25(23)18-24(22)29/h13-14,20-23,25,27H,4-12,15-19H2,1-3H3,(H,30,31)/t20-,21+,22+,23+,25-,27?,28?/m0/s1. The summed E-state index contributed by atoms with van der Waals surface area (Å²) in [6.45, 7) is 5.25. The zero-order valence-corrected chi connectivity index (χ0v) is 21.9. The molecule has 7 heteroatoms. The Morgan fingerprint density at radius 3 is 2.80 bits per heavy atom. The van der Waals surface area contributed by atoms with E-state index in [9.17, 15) is 9.59 Å². The fourth-order valence-corrected chi connectivity index (χ4v) is 5.85. The first kappa shape index (κ1) is 28.3. The summed E-state index contributed by atoms with van der Waals surface area (Å²) in [5, 5.41) is 8.90. The first-order valence-corrected chi connectivity index (χ1v) is 13.8. The maximum atomic E-state index is 12.9. The van der Waals surface area contributed by atoms with Crippen molar-refractivity contribution in [2.45, 2.75) is 122 Å². The minimum absolute atomic E-state index is 0.0673. The molecule has 2 saturated heterocycles. The number of carbonyl (C=O) groups is 2. The molecule has 3 fully saturated rings. The number of hydrogen-bond acceptors (Lipinski definition) is 6. The van der Waals surface area contributed by atoms with Crippen LogP contribution in [0.5, 0.6) is 0 Å². The van der Waals surface area contributed by atoms with E-state index < -0.39 is 11.8 Å². The van der Waals surface area contributed by atoms with Crippen LogP contribution < -0.4 is 0 Å². The topological polar surface area (TPSA) is 91.3 Å². The van der Waals surface area contributed by atoms with Crippen LogP contribution in [0.1, 0.15) is 97.3 Å². The lowest BCUT2D eigenvalue weighted by molar-refractivity contribution is -0.216. The highest BCUT2D eigenvalue weighted by Gasteiger charge is 2.54. The molecular formula is C28H46O7. The molecule has 0 radical (unpaired) electrons. The van der Waals surface area contributed by atoms with Crippen molar-refractivity contribution >= 4 is 11.8 Å². The van der Waals surface area contributed by atoms with E-state index in [0.29, 0.717) is 31.6 Å². The number of hydrogen-bond donors (Lipinski definition) is 1. The van der Waals surface area contributed by atoms with Crippen molar-refractivity contribution in [3.63, 3.8) is 0 Å². The molecule has 1 saturated carbocycles. The van der Waals surface area contributed by atoms with Gasteiger partial charge in [0.1, 0.15) is 5.78 Å². The number of carboxylic acid groups (broad SMARTS) is 1. The average molecular weight is 495 g/mol. The van der Waals surface area contributed by atoms with Crippen molar-refractivity contribution in [3.8, 4) is 0 Å². The summed E-state index contributed by atoms with van der Waals surface area (Å²) in [6, 6.07) is 0. The van der Waals surface area contributed by atoms with Gasteiger partial charge in [-0.3, -0.25) is 9.59 Å². The van der Waals surface area contributed by atoms with E-state index in [4.69, 9.17) is 24.1 Å². The number of ether oxygens (including phenoxy) is 4. The smallest absolute Gasteiger partial charge is 0.303 e. The van der Waals surface area contributed by atoms with E-state index in [1.54, 1.807) is 7.11 Å². The van der Waals surface area contributed by atoms with Crippen LogP contribution in [0.4, 0.5) is 0 Å². The highest BCUT2D eigenvalue weighted by molar-refractivity contribution is 5.86. The van der Waals surface area contributed by atoms with Crippen LogP contribution in [0, 0.1) is 17.8 Å². The summed E-state index contributed by atoms with van der Waals surface area (Å²) in [7, 11) is 1.65. The Hall–Kier alpha value is -1.28. The van der Waals surface area contributed by atoms with Crippen molar-refractivity contribution in [2.75, 3.05) is 13.7 Å². The van der Waals surface area contributed by atoms with Crippen LogP contribution in [0.15, 0.2) is 12.2 Å². The molecule has 0 amide bonds. The second kappa shape index (κ2) is 13.9. The molecule has 7 nitrogen and oxygen atoms in total. The average Bonchev–Trinajstić information content (AvgIpc) is 3.33. The molecular weight excluding hydrogens is 448 g/mol. The number of carbonyl (C=O) groups excluding carboxylic acids is 1. The van der Waals surface area contributed by atoms with Crippen LogP contribution in [0.3, 0.4) is 0 Å². The number of aliphatic carboxylic acids is 1. The van der Waals surface area contributed by atoms with Gasteiger partial charge >= 0.3 is 5.97 Å². The predicted molar refractivity (Wildman–Crippen MR) is 133 cm³/mol. The molecule has 3 aliphatic rings. The second-order valence-corrected chi connectivity index (χ2v) is 10.8. The van der Waals surface area contributed by atoms with Gasteiger partial charge in [-0.05, 0) is 44.4 Å². The Bertz CT molecular complexity index is 701. The van der Waals surface area contributed by atoms with E-state index in [-0.39, 0.29) is 42.5 Å². The van der Waals surface area contributed by atoms with Crippen LogP contribution in [0.25, 0.3) is 0 Å². The summed E-state index contributed by atoms with van der Waals surface area (Å²) >= 11 is 0. The number of fused-ring (bicyclic) bond motifs is 1. The molecule has 0 aromatic heterocycles. The van der Waals surface area contributed by atoms with E-state index in [1.165, 1.54) is 19.3 Å². The normalized spacial score (nSPS) is 32.7. The number of unbranched alkanes of at least 4 members (excludes halogenated alkanes) is 2. The zero-order chi connectivity index (χ0) is 25.3. The number of carboxylic acids is 1. The van der Waals surface area contributed by atoms with Gasteiger partial charge < -0.3 is 24.1 Å². The largest absolute Gasteiger partial charge is 0.481 e. The van der Waals surface area contributed by atoms with E-state index in [1.807, 2.05) is 0 Å². The quantitative estimate of drug-likeness (QED) is 0.232. The molecule has 200 valence electrons. The zero-order valence-electron chi connectivity index (χ0n) is 21.9. The summed E-state index contributed by atoms with van der Waals surface area (Å²) in [6.07, 6.45) is 14.6. The van der Waals surface area contributed by atoms with Crippen molar-refractivity contribution in [1.82, 2.24) is 0 Å². The summed E-state index contributed by atoms with van der Waals surface area (Å²) in [4.78, 5) is 23.7. The Morgan fingerprint density at radius 1 is 1.29 bits per heavy atom. The third-order valence-corrected chi connectivity index (χ3v) is 7.88. The summed E-state index contributed by atoms with van der Waals surface area (Å²) < 4.78 is 24.3. The SMILES string of the molecule is CCCC[C@H](C)C[C@@H](C=C[C@H]1C(=O)C[C@@H]2OC(CCCCC(=O)O)(OC)C[C@@H]21)OC1CCCCO1. The number of rotatable bonds is 15.